The van der Waals surface area contributed by atoms with Gasteiger partial charge >= 0.3 is 0 Å². The highest BCUT2D eigenvalue weighted by atomic mass is 15.0. The Labute approximate surface area is 792 Å². The van der Waals surface area contributed by atoms with Crippen molar-refractivity contribution in [1.82, 2.24) is 67.3 Å². The lowest BCUT2D eigenvalue weighted by Crippen LogP contribution is -1.98. The molecule has 0 saturated carbocycles. The molecule has 28 rings (SSSR count). The van der Waals surface area contributed by atoms with Crippen LogP contribution in [0.5, 0.6) is 0 Å². The molecule has 0 N–H and O–H groups in total. The Bertz CT molecular complexity index is 8590. The summed E-state index contributed by atoms with van der Waals surface area (Å²) in [6, 6.07) is 152. The van der Waals surface area contributed by atoms with E-state index in [4.69, 9.17) is 9.97 Å². The summed E-state index contributed by atoms with van der Waals surface area (Å²) in [7, 11) is 0. The molecule has 12 heterocycles. The van der Waals surface area contributed by atoms with Crippen molar-refractivity contribution in [3.8, 4) is 113 Å². The maximum Gasteiger partial charge on any atom is 0.115 e. The lowest BCUT2D eigenvalue weighted by molar-refractivity contribution is 1.07. The minimum Gasteiger partial charge on any atom is -0.309 e. The van der Waals surface area contributed by atoms with E-state index in [1.807, 2.05) is 49.6 Å². The quantitative estimate of drug-likeness (QED) is 0.111. The van der Waals surface area contributed by atoms with Crippen molar-refractivity contribution in [2.24, 2.45) is 0 Å². The van der Waals surface area contributed by atoms with Gasteiger partial charge in [-0.25, -0.2) is 29.9 Å². The van der Waals surface area contributed by atoms with Crippen molar-refractivity contribution in [1.29, 1.82) is 0 Å². The van der Waals surface area contributed by atoms with E-state index in [9.17, 15) is 0 Å². The molecule has 0 aliphatic rings. The van der Waals surface area contributed by atoms with Crippen molar-refractivity contribution in [2.75, 3.05) is 0 Å². The second-order valence-electron chi connectivity index (χ2n) is 34.8. The van der Waals surface area contributed by atoms with Crippen molar-refractivity contribution in [3.05, 3.63) is 487 Å². The zero-order chi connectivity index (χ0) is 91.1. The zero-order valence-electron chi connectivity index (χ0n) is 74.4. The molecular formula is C124H80N14. The van der Waals surface area contributed by atoms with Gasteiger partial charge in [0.2, 0.25) is 0 Å². The molecule has 0 fully saturated rings. The number of aromatic nitrogens is 14. The minimum absolute atomic E-state index is 0.941. The number of benzene rings is 16. The van der Waals surface area contributed by atoms with Crippen LogP contribution in [0.1, 0.15) is 0 Å². The number of hydrogen-bond acceptors (Lipinski definition) is 8. The molecule has 0 saturated heterocycles. The lowest BCUT2D eigenvalue weighted by Gasteiger charge is -2.14. The second-order valence-corrected chi connectivity index (χ2v) is 34.8. The van der Waals surface area contributed by atoms with Crippen LogP contribution in [0.2, 0.25) is 0 Å². The van der Waals surface area contributed by atoms with Gasteiger partial charge < -0.3 is 27.4 Å². The Morgan fingerprint density at radius 3 is 0.543 bits per heavy atom. The summed E-state index contributed by atoms with van der Waals surface area (Å²) < 4.78 is 13.9. The third-order valence-electron chi connectivity index (χ3n) is 26.9. The number of fused-ring (bicyclic) bond motifs is 18. The van der Waals surface area contributed by atoms with Gasteiger partial charge in [-0.15, -0.1) is 0 Å². The van der Waals surface area contributed by atoms with Gasteiger partial charge in [0.1, 0.15) is 12.7 Å². The molecule has 0 radical (unpaired) electrons. The summed E-state index contributed by atoms with van der Waals surface area (Å²) in [5.41, 5.74) is 35.4. The first-order valence-corrected chi connectivity index (χ1v) is 46.3. The van der Waals surface area contributed by atoms with Crippen LogP contribution in [-0.2, 0) is 0 Å². The van der Waals surface area contributed by atoms with Crippen molar-refractivity contribution in [2.45, 2.75) is 0 Å². The van der Waals surface area contributed by atoms with Gasteiger partial charge in [0, 0.05) is 123 Å². The first-order chi connectivity index (χ1) is 68.5. The largest absolute Gasteiger partial charge is 0.309 e. The van der Waals surface area contributed by atoms with Gasteiger partial charge in [-0.3, -0.25) is 9.97 Å². The fourth-order valence-corrected chi connectivity index (χ4v) is 20.7. The summed E-state index contributed by atoms with van der Waals surface area (Å²) in [5.74, 6) is 0. The molecule has 646 valence electrons. The van der Waals surface area contributed by atoms with E-state index in [-0.39, 0.29) is 0 Å². The second kappa shape index (κ2) is 33.7. The number of rotatable bonds is 13. The van der Waals surface area contributed by atoms with Crippen LogP contribution in [-0.4, -0.2) is 67.3 Å². The molecule has 0 atom stereocenters. The molecule has 0 aliphatic carbocycles. The zero-order valence-corrected chi connectivity index (χ0v) is 74.4. The maximum absolute atomic E-state index is 5.18. The van der Waals surface area contributed by atoms with Crippen molar-refractivity contribution >= 4 is 131 Å². The van der Waals surface area contributed by atoms with Crippen LogP contribution in [0.3, 0.4) is 0 Å². The third-order valence-corrected chi connectivity index (χ3v) is 26.9. The molecule has 0 amide bonds. The van der Waals surface area contributed by atoms with E-state index in [0.717, 1.165) is 123 Å². The number of nitrogens with zero attached hydrogens (tertiary/aromatic N) is 14. The van der Waals surface area contributed by atoms with Gasteiger partial charge in [0.05, 0.1) is 137 Å². The highest BCUT2D eigenvalue weighted by molar-refractivity contribution is 6.17. The Morgan fingerprint density at radius 1 is 0.130 bits per heavy atom. The predicted molar refractivity (Wildman–Crippen MR) is 566 cm³/mol. The van der Waals surface area contributed by atoms with Crippen molar-refractivity contribution in [3.63, 3.8) is 0 Å². The molecule has 0 aliphatic heterocycles. The summed E-state index contributed by atoms with van der Waals surface area (Å²) in [4.78, 5) is 35.8. The van der Waals surface area contributed by atoms with Crippen LogP contribution >= 0.6 is 0 Å². The monoisotopic (exact) mass is 1760 g/mol. The van der Waals surface area contributed by atoms with E-state index >= 15 is 0 Å². The first-order valence-electron chi connectivity index (χ1n) is 46.3. The topological polar surface area (TPSA) is 133 Å². The molecule has 14 heteroatoms. The van der Waals surface area contributed by atoms with E-state index < -0.39 is 0 Å². The van der Waals surface area contributed by atoms with Gasteiger partial charge in [-0.1, -0.05) is 267 Å². The molecule has 0 spiro atoms. The number of hydrogen-bond donors (Lipinski definition) is 0. The van der Waals surface area contributed by atoms with E-state index in [2.05, 4.69) is 482 Å². The molecule has 0 bridgehead atoms. The standard InChI is InChI=1S/C58H38N4.C34H22N4.C32H20N6/c1-5-17-39(18-6-1)51-35-45(36-52(59-51)40-19-7-2-8-20-40)61-55-27-15-13-25-47(55)49-33-43(29-31-57(49)61)44-30-32-58-50(34-44)48-26-14-16-28-56(48)62(58)46-37-53(41-21-9-3-10-22-41)60-54(38-46)42-23-11-4-12-24-42;1-3-7-31-27(5-1)29-21-23(9-11-33(29)37(31)25-13-17-35-18-14-25)24-10-12-34-30(22-24)28-6-2-4-8-32(28)38(34)26-15-19-36-20-16-26;1-3-7-29-25(5-1)27-13-21(9-11-31(27)37(29)23-15-33-19-34-16-23)22-10-12-32-28(14-22)26-6-2-4-8-30(26)38(32)24-17-35-20-36-18-24/h1-38H;1-22H;1-20H. The first kappa shape index (κ1) is 80.0. The van der Waals surface area contributed by atoms with E-state index in [1.165, 1.54) is 120 Å². The molecular weight excluding hydrogens is 1690 g/mol. The highest BCUT2D eigenvalue weighted by Gasteiger charge is 2.24. The number of para-hydroxylation sites is 6. The third kappa shape index (κ3) is 13.9. The van der Waals surface area contributed by atoms with Gasteiger partial charge in [0.25, 0.3) is 0 Å². The van der Waals surface area contributed by atoms with Gasteiger partial charge in [-0.2, -0.15) is 0 Å². The molecule has 16 aromatic carbocycles. The van der Waals surface area contributed by atoms with E-state index in [1.54, 1.807) is 12.7 Å². The summed E-state index contributed by atoms with van der Waals surface area (Å²) in [6.07, 6.45) is 17.9. The van der Waals surface area contributed by atoms with Gasteiger partial charge in [-0.05, 0) is 191 Å². The summed E-state index contributed by atoms with van der Waals surface area (Å²) >= 11 is 0. The Balaban J connectivity index is 0.000000112. The van der Waals surface area contributed by atoms with Crippen LogP contribution in [0, 0.1) is 0 Å². The SMILES string of the molecule is c1ccc(-c2cc(-n3c4ccccc4c4cc(-c5ccc6c(c5)c5ccccc5n6-c5cc(-c6ccccc6)nc(-c6ccccc6)c5)ccc43)cc(-c3ccccc3)n2)cc1.c1ccc2c(c1)c1cc(-c3ccc4c(c3)c3ccccc3n4-c3ccncc3)ccc1n2-c1ccncc1.c1ccc2c(c1)c1cc(-c3ccc4c(c3)c3ccccc3n4-c3cncnc3)ccc1n2-c1cncnc1. The van der Waals surface area contributed by atoms with Crippen LogP contribution in [0.15, 0.2) is 487 Å². The summed E-state index contributed by atoms with van der Waals surface area (Å²) in [6.45, 7) is 0. The molecule has 12 aromatic heterocycles. The predicted octanol–water partition coefficient (Wildman–Crippen LogP) is 30.5. The van der Waals surface area contributed by atoms with E-state index in [0.29, 0.717) is 0 Å². The average Bonchev–Trinajstić information content (AvgIpc) is 1.59. The van der Waals surface area contributed by atoms with Crippen LogP contribution in [0.4, 0.5) is 0 Å². The fourth-order valence-electron chi connectivity index (χ4n) is 20.7. The molecule has 14 nitrogen and oxygen atoms in total. The van der Waals surface area contributed by atoms with Crippen molar-refractivity contribution < 1.29 is 0 Å². The summed E-state index contributed by atoms with van der Waals surface area (Å²) in [5, 5.41) is 14.6. The van der Waals surface area contributed by atoms with Crippen LogP contribution in [0.25, 0.3) is 243 Å². The molecule has 138 heavy (non-hydrogen) atoms. The molecule has 28 aromatic rings. The highest BCUT2D eigenvalue weighted by Crippen LogP contribution is 2.45. The fraction of sp³-hybridized carbons (Fsp3) is 0. The van der Waals surface area contributed by atoms with Gasteiger partial charge in [0.15, 0.2) is 0 Å². The lowest BCUT2D eigenvalue weighted by atomic mass is 10.0. The van der Waals surface area contributed by atoms with Crippen LogP contribution < -0.4 is 0 Å². The minimum atomic E-state index is 0.941. The smallest absolute Gasteiger partial charge is 0.115 e. The average molecular weight is 1770 g/mol. The Kier molecular flexibility index (Phi) is 19.5. The molecule has 0 unspecified atom stereocenters. The normalized spacial score (nSPS) is 11.6. The maximum atomic E-state index is 5.18. The Morgan fingerprint density at radius 2 is 0.319 bits per heavy atom. The number of pyridine rings is 4. The Hall–Kier alpha value is -18.9.